The molecule has 15 heavy (non-hydrogen) atoms. The summed E-state index contributed by atoms with van der Waals surface area (Å²) < 4.78 is 0. The highest BCUT2D eigenvalue weighted by Crippen LogP contribution is 2.26. The molecule has 1 saturated heterocycles. The van der Waals surface area contributed by atoms with Crippen LogP contribution in [0.25, 0.3) is 0 Å². The molecule has 0 amide bonds. The fourth-order valence-electron chi connectivity index (χ4n) is 2.16. The first-order valence-corrected chi connectivity index (χ1v) is 6.89. The SMILES string of the molecule is NCCc1cccc(CC2CCSC2)c1. The summed E-state index contributed by atoms with van der Waals surface area (Å²) in [5.74, 6) is 3.61. The largest absolute Gasteiger partial charge is 0.330 e. The van der Waals surface area contributed by atoms with Gasteiger partial charge in [-0.2, -0.15) is 11.8 Å². The van der Waals surface area contributed by atoms with E-state index in [1.807, 2.05) is 0 Å². The quantitative estimate of drug-likeness (QED) is 0.845. The van der Waals surface area contributed by atoms with Gasteiger partial charge in [-0.15, -0.1) is 0 Å². The Bertz CT molecular complexity index is 305. The van der Waals surface area contributed by atoms with Crippen molar-refractivity contribution in [3.05, 3.63) is 35.4 Å². The van der Waals surface area contributed by atoms with Crippen LogP contribution in [0.3, 0.4) is 0 Å². The third-order valence-corrected chi connectivity index (χ3v) is 4.20. The van der Waals surface area contributed by atoms with Crippen LogP contribution in [-0.2, 0) is 12.8 Å². The molecule has 1 aromatic rings. The van der Waals surface area contributed by atoms with Crippen LogP contribution < -0.4 is 5.73 Å². The van der Waals surface area contributed by atoms with Crippen molar-refractivity contribution in [1.82, 2.24) is 0 Å². The maximum atomic E-state index is 5.57. The molecule has 1 fully saturated rings. The number of thioether (sulfide) groups is 1. The van der Waals surface area contributed by atoms with E-state index in [2.05, 4.69) is 36.0 Å². The van der Waals surface area contributed by atoms with Crippen molar-refractivity contribution < 1.29 is 0 Å². The number of rotatable bonds is 4. The van der Waals surface area contributed by atoms with Crippen LogP contribution in [0.2, 0.25) is 0 Å². The van der Waals surface area contributed by atoms with Crippen molar-refractivity contribution in [2.45, 2.75) is 19.3 Å². The maximum Gasteiger partial charge on any atom is -0.00357 e. The second kappa shape index (κ2) is 5.57. The molecule has 2 rings (SSSR count). The van der Waals surface area contributed by atoms with Gasteiger partial charge >= 0.3 is 0 Å². The Morgan fingerprint density at radius 1 is 1.33 bits per heavy atom. The van der Waals surface area contributed by atoms with Crippen molar-refractivity contribution in [3.8, 4) is 0 Å². The zero-order valence-electron chi connectivity index (χ0n) is 9.11. The van der Waals surface area contributed by atoms with E-state index in [-0.39, 0.29) is 0 Å². The van der Waals surface area contributed by atoms with E-state index in [0.717, 1.165) is 18.9 Å². The van der Waals surface area contributed by atoms with Gasteiger partial charge in [0.15, 0.2) is 0 Å². The first-order valence-electron chi connectivity index (χ1n) is 5.74. The lowest BCUT2D eigenvalue weighted by molar-refractivity contribution is 0.595. The Balaban J connectivity index is 1.97. The molecular weight excluding hydrogens is 202 g/mol. The third kappa shape index (κ3) is 3.25. The summed E-state index contributed by atoms with van der Waals surface area (Å²) in [6.45, 7) is 0.753. The van der Waals surface area contributed by atoms with Crippen molar-refractivity contribution in [2.24, 2.45) is 11.7 Å². The molecule has 0 aromatic heterocycles. The van der Waals surface area contributed by atoms with E-state index < -0.39 is 0 Å². The Kier molecular flexibility index (Phi) is 4.09. The predicted molar refractivity (Wildman–Crippen MR) is 68.3 cm³/mol. The molecule has 1 aromatic carbocycles. The van der Waals surface area contributed by atoms with E-state index in [4.69, 9.17) is 5.73 Å². The van der Waals surface area contributed by atoms with E-state index in [9.17, 15) is 0 Å². The lowest BCUT2D eigenvalue weighted by Gasteiger charge is -2.09. The minimum absolute atomic E-state index is 0.753. The van der Waals surface area contributed by atoms with Gasteiger partial charge in [0.05, 0.1) is 0 Å². The van der Waals surface area contributed by atoms with E-state index >= 15 is 0 Å². The standard InChI is InChI=1S/C13H19NS/c14-6-4-11-2-1-3-12(8-11)9-13-5-7-15-10-13/h1-3,8,13H,4-7,9-10,14H2. The van der Waals surface area contributed by atoms with Gasteiger partial charge in [0.25, 0.3) is 0 Å². The summed E-state index contributed by atoms with van der Waals surface area (Å²) in [5.41, 5.74) is 8.45. The smallest absolute Gasteiger partial charge is 0.00357 e. The van der Waals surface area contributed by atoms with Gasteiger partial charge < -0.3 is 5.73 Å². The lowest BCUT2D eigenvalue weighted by atomic mass is 9.97. The highest BCUT2D eigenvalue weighted by molar-refractivity contribution is 7.99. The Hall–Kier alpha value is -0.470. The van der Waals surface area contributed by atoms with Crippen LogP contribution in [-0.4, -0.2) is 18.1 Å². The van der Waals surface area contributed by atoms with Crippen LogP contribution in [0.5, 0.6) is 0 Å². The van der Waals surface area contributed by atoms with E-state index in [1.165, 1.54) is 35.5 Å². The number of nitrogens with two attached hydrogens (primary N) is 1. The number of benzene rings is 1. The maximum absolute atomic E-state index is 5.57. The van der Waals surface area contributed by atoms with E-state index in [0.29, 0.717) is 0 Å². The Labute approximate surface area is 96.4 Å². The molecule has 0 spiro atoms. The predicted octanol–water partition coefficient (Wildman–Crippen LogP) is 2.48. The highest BCUT2D eigenvalue weighted by Gasteiger charge is 2.15. The molecule has 2 N–H and O–H groups in total. The summed E-state index contributed by atoms with van der Waals surface area (Å²) in [6, 6.07) is 8.93. The van der Waals surface area contributed by atoms with Gasteiger partial charge in [0.1, 0.15) is 0 Å². The molecule has 1 unspecified atom stereocenters. The second-order valence-corrected chi connectivity index (χ2v) is 5.44. The summed E-state index contributed by atoms with van der Waals surface area (Å²) in [4.78, 5) is 0. The van der Waals surface area contributed by atoms with Crippen LogP contribution >= 0.6 is 11.8 Å². The van der Waals surface area contributed by atoms with Crippen molar-refractivity contribution >= 4 is 11.8 Å². The molecule has 82 valence electrons. The molecule has 0 aliphatic carbocycles. The van der Waals surface area contributed by atoms with Crippen LogP contribution in [0.4, 0.5) is 0 Å². The van der Waals surface area contributed by atoms with E-state index in [1.54, 1.807) is 0 Å². The van der Waals surface area contributed by atoms with Crippen LogP contribution in [0.1, 0.15) is 17.5 Å². The second-order valence-electron chi connectivity index (χ2n) is 4.29. The van der Waals surface area contributed by atoms with Gasteiger partial charge in [-0.3, -0.25) is 0 Å². The van der Waals surface area contributed by atoms with Crippen LogP contribution in [0, 0.1) is 5.92 Å². The average Bonchev–Trinajstić information content (AvgIpc) is 2.71. The summed E-state index contributed by atoms with van der Waals surface area (Å²) in [5, 5.41) is 0. The number of hydrogen-bond donors (Lipinski definition) is 1. The first kappa shape index (κ1) is 11.0. The normalized spacial score (nSPS) is 20.7. The van der Waals surface area contributed by atoms with Gasteiger partial charge in [-0.05, 0) is 54.4 Å². The van der Waals surface area contributed by atoms with Gasteiger partial charge in [-0.1, -0.05) is 24.3 Å². The average molecular weight is 221 g/mol. The molecule has 1 aliphatic rings. The zero-order valence-corrected chi connectivity index (χ0v) is 9.93. The molecule has 2 heteroatoms. The Morgan fingerprint density at radius 3 is 2.93 bits per heavy atom. The highest BCUT2D eigenvalue weighted by atomic mass is 32.2. The number of hydrogen-bond acceptors (Lipinski definition) is 2. The molecule has 0 saturated carbocycles. The third-order valence-electron chi connectivity index (χ3n) is 2.97. The first-order chi connectivity index (χ1) is 7.38. The lowest BCUT2D eigenvalue weighted by Crippen LogP contribution is -2.05. The summed E-state index contributed by atoms with van der Waals surface area (Å²) >= 11 is 2.10. The van der Waals surface area contributed by atoms with Gasteiger partial charge in [0, 0.05) is 0 Å². The van der Waals surface area contributed by atoms with Crippen LogP contribution in [0.15, 0.2) is 24.3 Å². The molecule has 0 radical (unpaired) electrons. The summed E-state index contributed by atoms with van der Waals surface area (Å²) in [7, 11) is 0. The molecule has 0 bridgehead atoms. The summed E-state index contributed by atoms with van der Waals surface area (Å²) in [6.07, 6.45) is 3.66. The molecule has 1 aliphatic heterocycles. The fraction of sp³-hybridized carbons (Fsp3) is 0.538. The zero-order chi connectivity index (χ0) is 10.5. The molecular formula is C13H19NS. The molecule has 1 heterocycles. The minimum atomic E-state index is 0.753. The van der Waals surface area contributed by atoms with Crippen molar-refractivity contribution in [2.75, 3.05) is 18.1 Å². The van der Waals surface area contributed by atoms with Crippen molar-refractivity contribution in [1.29, 1.82) is 0 Å². The monoisotopic (exact) mass is 221 g/mol. The molecule has 1 nitrogen and oxygen atoms in total. The Morgan fingerprint density at radius 2 is 2.20 bits per heavy atom. The topological polar surface area (TPSA) is 26.0 Å². The minimum Gasteiger partial charge on any atom is -0.330 e. The van der Waals surface area contributed by atoms with Gasteiger partial charge in [0.2, 0.25) is 0 Å². The molecule has 1 atom stereocenters. The van der Waals surface area contributed by atoms with Crippen molar-refractivity contribution in [3.63, 3.8) is 0 Å². The fourth-order valence-corrected chi connectivity index (χ4v) is 3.44. The van der Waals surface area contributed by atoms with Gasteiger partial charge in [-0.25, -0.2) is 0 Å².